The van der Waals surface area contributed by atoms with Crippen LogP contribution in [-0.4, -0.2) is 11.7 Å². The molecule has 8 heteroatoms. The predicted octanol–water partition coefficient (Wildman–Crippen LogP) is 3.59. The fourth-order valence-electron chi connectivity index (χ4n) is 1.81. The van der Waals surface area contributed by atoms with Gasteiger partial charge in [0.15, 0.2) is 29.1 Å². The van der Waals surface area contributed by atoms with E-state index in [1.54, 1.807) is 18.2 Å². The van der Waals surface area contributed by atoms with Crippen LogP contribution in [0.3, 0.4) is 0 Å². The predicted molar refractivity (Wildman–Crippen MR) is 70.3 cm³/mol. The molecule has 0 unspecified atom stereocenters. The lowest BCUT2D eigenvalue weighted by Crippen LogP contribution is -2.20. The van der Waals surface area contributed by atoms with Crippen molar-refractivity contribution < 1.29 is 31.5 Å². The van der Waals surface area contributed by atoms with Crippen molar-refractivity contribution in [1.82, 2.24) is 0 Å². The van der Waals surface area contributed by atoms with Gasteiger partial charge in [0, 0.05) is 5.69 Å². The van der Waals surface area contributed by atoms with Crippen molar-refractivity contribution in [3.05, 3.63) is 65.0 Å². The average molecular weight is 329 g/mol. The van der Waals surface area contributed by atoms with E-state index in [1.807, 2.05) is 0 Å². The van der Waals surface area contributed by atoms with Crippen molar-refractivity contribution in [2.24, 2.45) is 0 Å². The summed E-state index contributed by atoms with van der Waals surface area (Å²) in [5.74, 6) is -13.9. The summed E-state index contributed by atoms with van der Waals surface area (Å²) in [6, 6.07) is 7.81. The SMILES string of the molecule is O=C(CC(=O)c1c(F)c(F)c(F)c(F)c1F)Nc1ccccc1. The second-order valence-corrected chi connectivity index (χ2v) is 4.46. The van der Waals surface area contributed by atoms with Gasteiger partial charge in [-0.15, -0.1) is 0 Å². The van der Waals surface area contributed by atoms with Crippen LogP contribution in [0.15, 0.2) is 30.3 Å². The van der Waals surface area contributed by atoms with E-state index in [0.717, 1.165) is 0 Å². The zero-order valence-corrected chi connectivity index (χ0v) is 11.3. The first kappa shape index (κ1) is 16.6. The maximum absolute atomic E-state index is 13.5. The minimum atomic E-state index is -2.37. The van der Waals surface area contributed by atoms with Crippen LogP contribution in [0.4, 0.5) is 27.6 Å². The minimum absolute atomic E-state index is 0.308. The number of hydrogen-bond donors (Lipinski definition) is 1. The Hall–Kier alpha value is -2.77. The van der Waals surface area contributed by atoms with Crippen LogP contribution >= 0.6 is 0 Å². The molecule has 0 aromatic heterocycles. The fourth-order valence-corrected chi connectivity index (χ4v) is 1.81. The molecule has 0 saturated heterocycles. The van der Waals surface area contributed by atoms with E-state index < -0.39 is 52.8 Å². The minimum Gasteiger partial charge on any atom is -0.326 e. The number of halogens is 5. The summed E-state index contributed by atoms with van der Waals surface area (Å²) in [6.45, 7) is 0. The zero-order chi connectivity index (χ0) is 17.1. The van der Waals surface area contributed by atoms with E-state index in [0.29, 0.717) is 5.69 Å². The van der Waals surface area contributed by atoms with E-state index in [1.165, 1.54) is 12.1 Å². The standard InChI is InChI=1S/C15H8F5NO2/c16-11-10(12(17)14(19)15(20)13(11)18)8(22)6-9(23)21-7-4-2-1-3-5-7/h1-5H,6H2,(H,21,23). The van der Waals surface area contributed by atoms with Gasteiger partial charge in [0.1, 0.15) is 0 Å². The third-order valence-electron chi connectivity index (χ3n) is 2.87. The maximum Gasteiger partial charge on any atom is 0.232 e. The Labute approximate surface area is 126 Å². The highest BCUT2D eigenvalue weighted by Gasteiger charge is 2.30. The first-order chi connectivity index (χ1) is 10.8. The molecule has 0 aliphatic heterocycles. The molecule has 1 N–H and O–H groups in total. The van der Waals surface area contributed by atoms with Gasteiger partial charge < -0.3 is 5.32 Å². The van der Waals surface area contributed by atoms with Crippen molar-refractivity contribution in [3.63, 3.8) is 0 Å². The molecule has 0 atom stereocenters. The lowest BCUT2D eigenvalue weighted by Gasteiger charge is -2.08. The van der Waals surface area contributed by atoms with Gasteiger partial charge in [0.2, 0.25) is 11.7 Å². The molecule has 0 saturated carbocycles. The zero-order valence-electron chi connectivity index (χ0n) is 11.3. The number of para-hydroxylation sites is 1. The number of carbonyl (C=O) groups is 2. The first-order valence-electron chi connectivity index (χ1n) is 6.22. The van der Waals surface area contributed by atoms with Crippen molar-refractivity contribution in [2.75, 3.05) is 5.32 Å². The molecule has 23 heavy (non-hydrogen) atoms. The van der Waals surface area contributed by atoms with Crippen LogP contribution in [0, 0.1) is 29.1 Å². The summed E-state index contributed by atoms with van der Waals surface area (Å²) in [5.41, 5.74) is -1.33. The third kappa shape index (κ3) is 3.36. The molecule has 120 valence electrons. The van der Waals surface area contributed by atoms with Gasteiger partial charge in [-0.25, -0.2) is 22.0 Å². The lowest BCUT2D eigenvalue weighted by atomic mass is 10.1. The van der Waals surface area contributed by atoms with Crippen LogP contribution in [0.1, 0.15) is 16.8 Å². The number of hydrogen-bond acceptors (Lipinski definition) is 2. The molecule has 2 rings (SSSR count). The van der Waals surface area contributed by atoms with E-state index in [9.17, 15) is 31.5 Å². The first-order valence-corrected chi connectivity index (χ1v) is 6.22. The number of anilines is 1. The number of benzene rings is 2. The number of ketones is 1. The van der Waals surface area contributed by atoms with Crippen LogP contribution in [0.25, 0.3) is 0 Å². The molecule has 0 fully saturated rings. The van der Waals surface area contributed by atoms with Gasteiger partial charge in [0.25, 0.3) is 0 Å². The third-order valence-corrected chi connectivity index (χ3v) is 2.87. The highest BCUT2D eigenvalue weighted by Crippen LogP contribution is 2.24. The number of carbonyl (C=O) groups excluding carboxylic acids is 2. The number of rotatable bonds is 4. The summed E-state index contributed by atoms with van der Waals surface area (Å²) in [5, 5.41) is 2.26. The Bertz CT molecular complexity index is 748. The summed E-state index contributed by atoms with van der Waals surface area (Å²) in [7, 11) is 0. The van der Waals surface area contributed by atoms with Crippen molar-refractivity contribution in [2.45, 2.75) is 6.42 Å². The molecule has 3 nitrogen and oxygen atoms in total. The molecule has 2 aromatic carbocycles. The molecule has 0 bridgehead atoms. The van der Waals surface area contributed by atoms with E-state index in [4.69, 9.17) is 0 Å². The molecule has 0 spiro atoms. The highest BCUT2D eigenvalue weighted by molar-refractivity contribution is 6.11. The fraction of sp³-hybridized carbons (Fsp3) is 0.0667. The average Bonchev–Trinajstić information content (AvgIpc) is 2.52. The van der Waals surface area contributed by atoms with Crippen LogP contribution in [-0.2, 0) is 4.79 Å². The second-order valence-electron chi connectivity index (χ2n) is 4.46. The van der Waals surface area contributed by atoms with Gasteiger partial charge in [0.05, 0.1) is 12.0 Å². The van der Waals surface area contributed by atoms with Crippen molar-refractivity contribution in [3.8, 4) is 0 Å². The number of Topliss-reactive ketones (excluding diaryl/α,β-unsaturated/α-hetero) is 1. The molecule has 0 heterocycles. The highest BCUT2D eigenvalue weighted by atomic mass is 19.2. The van der Waals surface area contributed by atoms with Crippen LogP contribution in [0.5, 0.6) is 0 Å². The van der Waals surface area contributed by atoms with Crippen LogP contribution < -0.4 is 5.32 Å². The summed E-state index contributed by atoms with van der Waals surface area (Å²) in [4.78, 5) is 23.3. The normalized spacial score (nSPS) is 10.5. The van der Waals surface area contributed by atoms with E-state index in [-0.39, 0.29) is 0 Å². The quantitative estimate of drug-likeness (QED) is 0.306. The van der Waals surface area contributed by atoms with Crippen molar-refractivity contribution >= 4 is 17.4 Å². The molecule has 0 radical (unpaired) electrons. The summed E-state index contributed by atoms with van der Waals surface area (Å²) in [6.07, 6.45) is -1.08. The Morgan fingerprint density at radius 3 is 1.78 bits per heavy atom. The Morgan fingerprint density at radius 2 is 1.26 bits per heavy atom. The molecular weight excluding hydrogens is 321 g/mol. The van der Waals surface area contributed by atoms with Crippen molar-refractivity contribution in [1.29, 1.82) is 0 Å². The van der Waals surface area contributed by atoms with E-state index in [2.05, 4.69) is 5.32 Å². The summed E-state index contributed by atoms with van der Waals surface area (Å²) < 4.78 is 65.9. The second kappa shape index (κ2) is 6.55. The van der Waals surface area contributed by atoms with Gasteiger partial charge in [-0.3, -0.25) is 9.59 Å². The molecular formula is C15H8F5NO2. The molecule has 1 amide bonds. The number of nitrogens with one attached hydrogen (secondary N) is 1. The lowest BCUT2D eigenvalue weighted by molar-refractivity contribution is -0.115. The summed E-state index contributed by atoms with van der Waals surface area (Å²) >= 11 is 0. The monoisotopic (exact) mass is 329 g/mol. The van der Waals surface area contributed by atoms with Gasteiger partial charge in [-0.2, -0.15) is 0 Å². The Kier molecular flexibility index (Phi) is 4.73. The number of amides is 1. The van der Waals surface area contributed by atoms with Crippen LogP contribution in [0.2, 0.25) is 0 Å². The molecule has 0 aliphatic rings. The molecule has 0 aliphatic carbocycles. The smallest absolute Gasteiger partial charge is 0.232 e. The Morgan fingerprint density at radius 1 is 0.783 bits per heavy atom. The van der Waals surface area contributed by atoms with E-state index >= 15 is 0 Å². The van der Waals surface area contributed by atoms with Gasteiger partial charge in [-0.1, -0.05) is 18.2 Å². The topological polar surface area (TPSA) is 46.2 Å². The largest absolute Gasteiger partial charge is 0.326 e. The van der Waals surface area contributed by atoms with Gasteiger partial charge >= 0.3 is 0 Å². The van der Waals surface area contributed by atoms with Gasteiger partial charge in [-0.05, 0) is 12.1 Å². The Balaban J connectivity index is 2.23. The maximum atomic E-state index is 13.5. The molecule has 2 aromatic rings.